The predicted molar refractivity (Wildman–Crippen MR) is 151 cm³/mol. The van der Waals surface area contributed by atoms with Gasteiger partial charge in [0, 0.05) is 28.3 Å². The first-order valence-corrected chi connectivity index (χ1v) is 13.6. The lowest BCUT2D eigenvalue weighted by Gasteiger charge is -2.32. The summed E-state index contributed by atoms with van der Waals surface area (Å²) in [6.45, 7) is -1.70. The van der Waals surface area contributed by atoms with E-state index >= 15 is 4.39 Å². The number of hydrogen-bond donors (Lipinski definition) is 3. The van der Waals surface area contributed by atoms with Crippen LogP contribution < -0.4 is 20.5 Å². The van der Waals surface area contributed by atoms with Crippen molar-refractivity contribution in [3.63, 3.8) is 0 Å². The van der Waals surface area contributed by atoms with Crippen LogP contribution in [-0.2, 0) is 16.8 Å². The minimum atomic E-state index is -2.92. The van der Waals surface area contributed by atoms with E-state index in [1.807, 2.05) is 0 Å². The maximum Gasteiger partial charge on any atom is 0.333 e. The van der Waals surface area contributed by atoms with Crippen molar-refractivity contribution in [2.45, 2.75) is 44.0 Å². The van der Waals surface area contributed by atoms with Crippen LogP contribution in [0.15, 0.2) is 48.7 Å². The third kappa shape index (κ3) is 5.76. The Morgan fingerprint density at radius 3 is 2.50 bits per heavy atom. The molecule has 4 N–H and O–H groups in total. The number of hydrogen-bond acceptors (Lipinski definition) is 7. The van der Waals surface area contributed by atoms with Crippen molar-refractivity contribution in [3.05, 3.63) is 71.3 Å². The summed E-state index contributed by atoms with van der Waals surface area (Å²) in [6, 6.07) is 9.12. The van der Waals surface area contributed by atoms with Gasteiger partial charge in [-0.15, -0.1) is 0 Å². The van der Waals surface area contributed by atoms with Crippen LogP contribution >= 0.6 is 0 Å². The topological polar surface area (TPSA) is 142 Å². The van der Waals surface area contributed by atoms with Gasteiger partial charge in [0.2, 0.25) is 5.91 Å². The van der Waals surface area contributed by atoms with Crippen molar-refractivity contribution in [3.8, 4) is 22.8 Å². The number of nitrogens with two attached hydrogens (primary N) is 1. The van der Waals surface area contributed by atoms with Gasteiger partial charge >= 0.3 is 6.55 Å². The maximum atomic E-state index is 16.0. The molecule has 0 radical (unpaired) electrons. The number of nitrogens with zero attached hydrogens (tertiary/aromatic N) is 3. The first kappa shape index (κ1) is 30.7. The van der Waals surface area contributed by atoms with E-state index < -0.39 is 42.0 Å². The second-order valence-electron chi connectivity index (χ2n) is 10.4. The quantitative estimate of drug-likeness (QED) is 0.203. The number of benzene rings is 2. The summed E-state index contributed by atoms with van der Waals surface area (Å²) in [5.74, 6) is -1.80. The van der Waals surface area contributed by atoms with E-state index in [4.69, 9.17) is 15.2 Å². The number of primary amides is 1. The van der Waals surface area contributed by atoms with E-state index in [1.165, 1.54) is 49.6 Å². The molecule has 10 nitrogen and oxygen atoms in total. The number of fused-ring (bicyclic) bond motifs is 1. The lowest BCUT2D eigenvalue weighted by Crippen LogP contribution is -2.49. The van der Waals surface area contributed by atoms with Crippen molar-refractivity contribution in [2.24, 2.45) is 5.73 Å². The van der Waals surface area contributed by atoms with E-state index in [0.717, 1.165) is 6.20 Å². The van der Waals surface area contributed by atoms with Gasteiger partial charge in [-0.3, -0.25) is 9.59 Å². The van der Waals surface area contributed by atoms with Gasteiger partial charge in [0.15, 0.2) is 5.60 Å². The predicted octanol–water partition coefficient (Wildman–Crippen LogP) is 4.19. The molecule has 1 fully saturated rings. The summed E-state index contributed by atoms with van der Waals surface area (Å²) < 4.78 is 67.6. The average molecular weight is 616 g/mol. The van der Waals surface area contributed by atoms with Crippen LogP contribution in [0, 0.1) is 5.82 Å². The molecule has 0 bridgehead atoms. The van der Waals surface area contributed by atoms with Gasteiger partial charge in [-0.25, -0.2) is 18.4 Å². The normalized spacial score (nSPS) is 15.2. The van der Waals surface area contributed by atoms with Crippen LogP contribution in [0.2, 0.25) is 0 Å². The smallest absolute Gasteiger partial charge is 0.333 e. The first-order chi connectivity index (χ1) is 20.9. The van der Waals surface area contributed by atoms with Crippen LogP contribution in [0.4, 0.5) is 17.6 Å². The highest BCUT2D eigenvalue weighted by molar-refractivity contribution is 6.00. The van der Waals surface area contributed by atoms with Crippen molar-refractivity contribution >= 4 is 22.7 Å². The molecular formula is C30H29F4N5O5. The molecule has 0 unspecified atom stereocenters. The number of carbonyl (C=O) groups excluding carboxylic acids is 2. The molecule has 1 atom stereocenters. The number of aliphatic hydroxyl groups is 1. The summed E-state index contributed by atoms with van der Waals surface area (Å²) in [5.41, 5.74) is 1.48. The van der Waals surface area contributed by atoms with E-state index in [1.54, 1.807) is 6.92 Å². The first-order valence-electron chi connectivity index (χ1n) is 13.6. The molecule has 14 heteroatoms. The minimum Gasteiger partial charge on any atom is -0.494 e. The summed E-state index contributed by atoms with van der Waals surface area (Å²) >= 11 is 0. The monoisotopic (exact) mass is 615 g/mol. The molecule has 1 saturated carbocycles. The SMILES string of the molecule is CCOc1c(CC(N)=O)cc([C@@](O)(CNC(=O)c2cc(OC)c3nn(C(F)F)cc3c2)C2(F)CC2)nc1-c1ccc(F)cc1. The molecule has 232 valence electrons. The van der Waals surface area contributed by atoms with Crippen LogP contribution in [0.3, 0.4) is 0 Å². The summed E-state index contributed by atoms with van der Waals surface area (Å²) in [7, 11) is 1.29. The molecular weight excluding hydrogens is 586 g/mol. The molecule has 2 heterocycles. The zero-order valence-electron chi connectivity index (χ0n) is 23.7. The molecule has 4 aromatic rings. The number of carbonyl (C=O) groups is 2. The van der Waals surface area contributed by atoms with Crippen LogP contribution in [0.5, 0.6) is 11.5 Å². The Labute approximate surface area is 248 Å². The molecule has 2 aromatic heterocycles. The molecule has 1 aliphatic rings. The lowest BCUT2D eigenvalue weighted by molar-refractivity contribution is -0.117. The van der Waals surface area contributed by atoms with Crippen LogP contribution in [-0.4, -0.2) is 57.6 Å². The van der Waals surface area contributed by atoms with Gasteiger partial charge in [0.05, 0.1) is 32.4 Å². The summed E-state index contributed by atoms with van der Waals surface area (Å²) in [4.78, 5) is 29.8. The third-order valence-electron chi connectivity index (χ3n) is 7.45. The second-order valence-corrected chi connectivity index (χ2v) is 10.4. The van der Waals surface area contributed by atoms with E-state index in [-0.39, 0.29) is 70.8 Å². The van der Waals surface area contributed by atoms with Gasteiger partial charge in [0.1, 0.15) is 34.2 Å². The Morgan fingerprint density at radius 2 is 1.91 bits per heavy atom. The summed E-state index contributed by atoms with van der Waals surface area (Å²) in [6.07, 6.45) is 0.625. The van der Waals surface area contributed by atoms with Gasteiger partial charge in [-0.05, 0) is 62.2 Å². The maximum absolute atomic E-state index is 16.0. The van der Waals surface area contributed by atoms with Crippen molar-refractivity contribution in [1.29, 1.82) is 0 Å². The average Bonchev–Trinajstić information content (AvgIpc) is 3.60. The van der Waals surface area contributed by atoms with Crippen molar-refractivity contribution < 1.29 is 41.7 Å². The largest absolute Gasteiger partial charge is 0.494 e. The Bertz CT molecular complexity index is 1730. The van der Waals surface area contributed by atoms with Gasteiger partial charge in [-0.2, -0.15) is 13.9 Å². The number of nitrogens with one attached hydrogen (secondary N) is 1. The lowest BCUT2D eigenvalue weighted by atomic mass is 9.88. The van der Waals surface area contributed by atoms with Gasteiger partial charge in [-0.1, -0.05) is 0 Å². The van der Waals surface area contributed by atoms with Crippen molar-refractivity contribution in [2.75, 3.05) is 20.3 Å². The van der Waals surface area contributed by atoms with E-state index in [0.29, 0.717) is 10.2 Å². The molecule has 2 amide bonds. The molecule has 2 aromatic carbocycles. The number of amides is 2. The molecule has 0 spiro atoms. The minimum absolute atomic E-state index is 0.0182. The number of aromatic nitrogens is 3. The van der Waals surface area contributed by atoms with Crippen molar-refractivity contribution in [1.82, 2.24) is 20.1 Å². The van der Waals surface area contributed by atoms with Crippen LogP contribution in [0.1, 0.15) is 47.9 Å². The fourth-order valence-corrected chi connectivity index (χ4v) is 5.05. The summed E-state index contributed by atoms with van der Waals surface area (Å²) in [5, 5.41) is 18.4. The number of alkyl halides is 3. The highest BCUT2D eigenvalue weighted by Gasteiger charge is 2.62. The second kappa shape index (κ2) is 11.8. The Kier molecular flexibility index (Phi) is 8.21. The van der Waals surface area contributed by atoms with Gasteiger partial charge < -0.3 is 25.6 Å². The standard InChI is InChI=1S/C30H29F4N5O5/c1-3-44-26-17(13-23(35)40)12-22(37-25(26)16-4-6-20(31)7-5-16)30(42,29(34)8-9-29)15-36-27(41)18-10-19-14-39(28(32)33)38-24(19)21(11-18)43-2/h4-7,10-12,14,28,42H,3,8-9,13,15H2,1-2H3,(H2,35,40)(H,36,41)/t30-/m0/s1. The number of rotatable bonds is 12. The Morgan fingerprint density at radius 1 is 1.20 bits per heavy atom. The number of halogens is 4. The highest BCUT2D eigenvalue weighted by Crippen LogP contribution is 2.53. The zero-order chi connectivity index (χ0) is 31.8. The molecule has 1 aliphatic carbocycles. The van der Waals surface area contributed by atoms with Gasteiger partial charge in [0.25, 0.3) is 5.91 Å². The van der Waals surface area contributed by atoms with E-state index in [2.05, 4.69) is 15.4 Å². The number of ether oxygens (including phenoxy) is 2. The zero-order valence-corrected chi connectivity index (χ0v) is 23.7. The van der Waals surface area contributed by atoms with Crippen LogP contribution in [0.25, 0.3) is 22.2 Å². The van der Waals surface area contributed by atoms with E-state index in [9.17, 15) is 27.9 Å². The highest BCUT2D eigenvalue weighted by atomic mass is 19.3. The Hall–Kier alpha value is -4.72. The fourth-order valence-electron chi connectivity index (χ4n) is 5.05. The molecule has 0 saturated heterocycles. The fraction of sp³-hybridized carbons (Fsp3) is 0.333. The molecule has 0 aliphatic heterocycles. The number of methoxy groups -OCH3 is 1. The Balaban J connectivity index is 1.55. The molecule has 5 rings (SSSR count). The molecule has 44 heavy (non-hydrogen) atoms. The third-order valence-corrected chi connectivity index (χ3v) is 7.45. The number of pyridine rings is 1.